The highest BCUT2D eigenvalue weighted by molar-refractivity contribution is 6.31. The Bertz CT molecular complexity index is 1430. The Labute approximate surface area is 281 Å². The van der Waals surface area contributed by atoms with Crippen LogP contribution < -0.4 is 38.1 Å². The van der Waals surface area contributed by atoms with E-state index in [4.69, 9.17) is 47.6 Å². The van der Waals surface area contributed by atoms with Gasteiger partial charge in [-0.25, -0.2) is 19.2 Å². The Morgan fingerprint density at radius 1 is 0.604 bits per heavy atom. The minimum Gasteiger partial charge on any atom is -0.462 e. The van der Waals surface area contributed by atoms with Gasteiger partial charge in [0.25, 0.3) is 0 Å². The zero-order chi connectivity index (χ0) is 35.1. The van der Waals surface area contributed by atoms with E-state index in [1.54, 1.807) is 6.92 Å². The van der Waals surface area contributed by atoms with Crippen molar-refractivity contribution in [3.05, 3.63) is 28.8 Å². The van der Waals surface area contributed by atoms with Crippen LogP contribution in [0, 0.1) is 30.6 Å². The highest BCUT2D eigenvalue weighted by Gasteiger charge is 2.32. The molecule has 2 aliphatic carbocycles. The molecule has 2 aromatic rings. The lowest BCUT2D eigenvalue weighted by Gasteiger charge is -2.22. The second kappa shape index (κ2) is 15.9. The number of rotatable bonds is 8. The monoisotopic (exact) mass is 667 g/mol. The van der Waals surface area contributed by atoms with Crippen molar-refractivity contribution in [2.75, 3.05) is 41.9 Å². The second-order valence-corrected chi connectivity index (χ2v) is 13.3. The van der Waals surface area contributed by atoms with Crippen LogP contribution in [0.3, 0.4) is 0 Å². The van der Waals surface area contributed by atoms with Crippen molar-refractivity contribution >= 4 is 52.3 Å². The number of nitrogens with two attached hydrogens (primary N) is 5. The van der Waals surface area contributed by atoms with Crippen LogP contribution >= 0.6 is 0 Å². The van der Waals surface area contributed by atoms with Crippen molar-refractivity contribution in [3.63, 3.8) is 0 Å². The van der Waals surface area contributed by atoms with E-state index in [1.165, 1.54) is 12.1 Å². The normalized spacial score (nSPS) is 21.3. The summed E-state index contributed by atoms with van der Waals surface area (Å²) in [4.78, 5) is 52.9. The first-order chi connectivity index (χ1) is 22.8. The summed E-state index contributed by atoms with van der Waals surface area (Å²) in [6, 6.07) is 2.59. The summed E-state index contributed by atoms with van der Waals surface area (Å²) in [5.41, 5.74) is 29.6. The number of anilines is 5. The second-order valence-electron chi connectivity index (χ2n) is 13.3. The Morgan fingerprint density at radius 2 is 1.02 bits per heavy atom. The van der Waals surface area contributed by atoms with Crippen molar-refractivity contribution < 1.29 is 38.1 Å². The molecule has 4 atom stereocenters. The van der Waals surface area contributed by atoms with E-state index in [2.05, 4.69) is 13.8 Å². The third-order valence-electron chi connectivity index (χ3n) is 9.84. The molecule has 262 valence electrons. The summed E-state index contributed by atoms with van der Waals surface area (Å²) in [6.45, 7) is 6.15. The minimum absolute atomic E-state index is 0.0251. The molecule has 0 aliphatic heterocycles. The van der Waals surface area contributed by atoms with E-state index in [0.717, 1.165) is 64.2 Å². The van der Waals surface area contributed by atoms with E-state index in [0.29, 0.717) is 17.4 Å². The van der Waals surface area contributed by atoms with Crippen LogP contribution in [0.4, 0.5) is 28.4 Å². The van der Waals surface area contributed by atoms with Gasteiger partial charge in [0.15, 0.2) is 11.5 Å². The summed E-state index contributed by atoms with van der Waals surface area (Å²) >= 11 is 0. The lowest BCUT2D eigenvalue weighted by atomic mass is 9.90. The summed E-state index contributed by atoms with van der Waals surface area (Å²) in [5, 5.41) is 0. The minimum atomic E-state index is -1.58. The van der Waals surface area contributed by atoms with Gasteiger partial charge in [-0.3, -0.25) is 0 Å². The number of benzene rings is 2. The van der Waals surface area contributed by atoms with Crippen molar-refractivity contribution in [1.82, 2.24) is 0 Å². The van der Waals surface area contributed by atoms with Crippen LogP contribution in [-0.2, 0) is 19.1 Å². The fourth-order valence-corrected chi connectivity index (χ4v) is 6.60. The number of nitrogen functional groups attached to an aromatic ring is 5. The number of ether oxygens (including phenoxy) is 4. The smallest absolute Gasteiger partial charge is 0.423 e. The Hall–Kier alpha value is -4.68. The first-order valence-corrected chi connectivity index (χ1v) is 16.7. The van der Waals surface area contributed by atoms with Crippen LogP contribution in [0.5, 0.6) is 11.5 Å². The Morgan fingerprint density at radius 3 is 1.50 bits per heavy atom. The molecule has 0 bridgehead atoms. The van der Waals surface area contributed by atoms with E-state index in [1.807, 2.05) is 0 Å². The van der Waals surface area contributed by atoms with E-state index >= 15 is 0 Å². The standard InChI is InChI=1S/C35H49N5O8/c1-18-10-6-4-8-12-21(18)16-45-32(41)26-28(39)20(3)14-24(37)30(26)47-34(43)35(44)48-31-25(38)15-23(36)29(40)27(31)33(42)46-17-22-13-9-5-7-11-19(22)2/h14-15,18-19,21-22H,4-13,16-17,36-40H2,1-3H3. The molecule has 4 rings (SSSR count). The molecule has 10 N–H and O–H groups in total. The van der Waals surface area contributed by atoms with E-state index in [-0.39, 0.29) is 59.0 Å². The molecule has 0 heterocycles. The van der Waals surface area contributed by atoms with Crippen LogP contribution in [0.1, 0.15) is 104 Å². The van der Waals surface area contributed by atoms with Gasteiger partial charge in [0.1, 0.15) is 11.1 Å². The number of esters is 4. The first-order valence-electron chi connectivity index (χ1n) is 16.7. The van der Waals surface area contributed by atoms with Gasteiger partial charge in [0.05, 0.1) is 41.7 Å². The topological polar surface area (TPSA) is 235 Å². The molecule has 48 heavy (non-hydrogen) atoms. The molecule has 0 radical (unpaired) electrons. The zero-order valence-corrected chi connectivity index (χ0v) is 28.1. The molecule has 0 spiro atoms. The summed E-state index contributed by atoms with van der Waals surface area (Å²) < 4.78 is 21.8. The van der Waals surface area contributed by atoms with E-state index in [9.17, 15) is 19.2 Å². The molecule has 13 heteroatoms. The fourth-order valence-electron chi connectivity index (χ4n) is 6.60. The average molecular weight is 668 g/mol. The molecule has 2 saturated carbocycles. The molecule has 2 fully saturated rings. The number of hydrogen-bond donors (Lipinski definition) is 5. The number of hydrogen-bond acceptors (Lipinski definition) is 13. The Balaban J connectivity index is 1.53. The number of aryl methyl sites for hydroxylation is 1. The largest absolute Gasteiger partial charge is 0.462 e. The van der Waals surface area contributed by atoms with Crippen molar-refractivity contribution in [2.45, 2.75) is 85.0 Å². The van der Waals surface area contributed by atoms with Gasteiger partial charge in [-0.1, -0.05) is 65.2 Å². The highest BCUT2D eigenvalue weighted by atomic mass is 16.6. The van der Waals surface area contributed by atoms with Gasteiger partial charge in [-0.15, -0.1) is 0 Å². The predicted octanol–water partition coefficient (Wildman–Crippen LogP) is 5.16. The first kappa shape index (κ1) is 36.2. The molecule has 4 unspecified atom stereocenters. The van der Waals surface area contributed by atoms with E-state index < -0.39 is 40.9 Å². The molecule has 2 aliphatic rings. The Kier molecular flexibility index (Phi) is 12.0. The molecule has 2 aromatic carbocycles. The lowest BCUT2D eigenvalue weighted by Crippen LogP contribution is -2.29. The summed E-state index contributed by atoms with van der Waals surface area (Å²) in [5.74, 6) is -4.87. The van der Waals surface area contributed by atoms with Gasteiger partial charge in [-0.2, -0.15) is 0 Å². The summed E-state index contributed by atoms with van der Waals surface area (Å²) in [7, 11) is 0. The maximum atomic E-state index is 13.4. The average Bonchev–Trinajstić information content (AvgIpc) is 3.38. The molecule has 0 amide bonds. The van der Waals surface area contributed by atoms with Crippen LogP contribution in [0.25, 0.3) is 0 Å². The van der Waals surface area contributed by atoms with Crippen molar-refractivity contribution in [1.29, 1.82) is 0 Å². The molecule has 0 aromatic heterocycles. The maximum Gasteiger partial charge on any atom is 0.423 e. The SMILES string of the molecule is Cc1cc(N)c(OC(=O)C(=O)Oc2c(N)cc(N)c(N)c2C(=O)OCC2CCCCCC2C)c(C(=O)OCC2CCCCCC2C)c1N. The quantitative estimate of drug-likeness (QED) is 0.0805. The molecular formula is C35H49N5O8. The molecule has 13 nitrogen and oxygen atoms in total. The van der Waals surface area contributed by atoms with Crippen LogP contribution in [0.15, 0.2) is 12.1 Å². The third-order valence-corrected chi connectivity index (χ3v) is 9.84. The molecule has 0 saturated heterocycles. The van der Waals surface area contributed by atoms with Gasteiger partial charge in [0, 0.05) is 0 Å². The predicted molar refractivity (Wildman–Crippen MR) is 183 cm³/mol. The van der Waals surface area contributed by atoms with Crippen molar-refractivity contribution in [2.24, 2.45) is 23.7 Å². The lowest BCUT2D eigenvalue weighted by molar-refractivity contribution is -0.156. The van der Waals surface area contributed by atoms with Gasteiger partial charge in [0.2, 0.25) is 0 Å². The highest BCUT2D eigenvalue weighted by Crippen LogP contribution is 2.39. The number of carbonyl (C=O) groups excluding carboxylic acids is 4. The van der Waals surface area contributed by atoms with Crippen LogP contribution in [0.2, 0.25) is 0 Å². The van der Waals surface area contributed by atoms with Gasteiger partial charge < -0.3 is 47.6 Å². The molecular weight excluding hydrogens is 618 g/mol. The summed E-state index contributed by atoms with van der Waals surface area (Å²) in [6.07, 6.45) is 10.4. The van der Waals surface area contributed by atoms with Crippen molar-refractivity contribution in [3.8, 4) is 11.5 Å². The zero-order valence-electron chi connectivity index (χ0n) is 28.1. The van der Waals surface area contributed by atoms with Crippen LogP contribution in [-0.4, -0.2) is 37.1 Å². The van der Waals surface area contributed by atoms with Gasteiger partial charge >= 0.3 is 23.9 Å². The maximum absolute atomic E-state index is 13.4. The fraction of sp³-hybridized carbons (Fsp3) is 0.543. The van der Waals surface area contributed by atoms with Gasteiger partial charge in [-0.05, 0) is 61.1 Å². The number of carbonyl (C=O) groups is 4. The third kappa shape index (κ3) is 8.42.